The fourth-order valence-corrected chi connectivity index (χ4v) is 2.23. The first-order valence-corrected chi connectivity index (χ1v) is 7.21. The van der Waals surface area contributed by atoms with E-state index >= 15 is 0 Å². The minimum absolute atomic E-state index is 0.977. The Labute approximate surface area is 122 Å². The van der Waals surface area contributed by atoms with Crippen LogP contribution in [0.15, 0.2) is 48.8 Å². The molecule has 0 saturated carbocycles. The van der Waals surface area contributed by atoms with E-state index in [-0.39, 0.29) is 0 Å². The minimum Gasteiger partial charge on any atom is -0.295 e. The van der Waals surface area contributed by atoms with Crippen molar-refractivity contribution in [1.29, 1.82) is 0 Å². The molecule has 94 valence electrons. The van der Waals surface area contributed by atoms with Gasteiger partial charge in [-0.3, -0.25) is 9.88 Å². The Hall–Kier alpha value is -0.940. The summed E-state index contributed by atoms with van der Waals surface area (Å²) in [5.74, 6) is 0. The topological polar surface area (TPSA) is 16.1 Å². The van der Waals surface area contributed by atoms with Crippen LogP contribution in [0.1, 0.15) is 18.1 Å². The van der Waals surface area contributed by atoms with Crippen molar-refractivity contribution in [3.8, 4) is 0 Å². The molecule has 0 bridgehead atoms. The molecule has 0 spiro atoms. The van der Waals surface area contributed by atoms with E-state index in [4.69, 9.17) is 0 Å². The summed E-state index contributed by atoms with van der Waals surface area (Å²) in [6.07, 6.45) is 3.71. The summed E-state index contributed by atoms with van der Waals surface area (Å²) >= 11 is 2.34. The maximum atomic E-state index is 4.05. The second-order valence-electron chi connectivity index (χ2n) is 4.29. The standard InChI is InChI=1S/C15H17IN2/c1-2-18(12-14-7-9-17-10-8-14)11-13-3-5-15(16)6-4-13/h3-10H,2,11-12H2,1H3. The summed E-state index contributed by atoms with van der Waals surface area (Å²) in [4.78, 5) is 6.48. The highest BCUT2D eigenvalue weighted by Gasteiger charge is 2.04. The fourth-order valence-electron chi connectivity index (χ4n) is 1.87. The molecule has 0 aliphatic heterocycles. The second kappa shape index (κ2) is 6.85. The van der Waals surface area contributed by atoms with Crippen molar-refractivity contribution in [2.24, 2.45) is 0 Å². The summed E-state index contributed by atoms with van der Waals surface area (Å²) < 4.78 is 1.29. The summed E-state index contributed by atoms with van der Waals surface area (Å²) in [6.45, 7) is 5.23. The zero-order valence-corrected chi connectivity index (χ0v) is 12.7. The first kappa shape index (κ1) is 13.5. The third-order valence-corrected chi connectivity index (χ3v) is 3.64. The van der Waals surface area contributed by atoms with E-state index in [0.717, 1.165) is 19.6 Å². The van der Waals surface area contributed by atoms with Crippen LogP contribution in [-0.2, 0) is 13.1 Å². The van der Waals surface area contributed by atoms with Crippen LogP contribution >= 0.6 is 22.6 Å². The molecule has 0 aliphatic carbocycles. The predicted molar refractivity (Wildman–Crippen MR) is 83.2 cm³/mol. The first-order chi connectivity index (χ1) is 8.78. The van der Waals surface area contributed by atoms with Gasteiger partial charge in [0.1, 0.15) is 0 Å². The average Bonchev–Trinajstić information content (AvgIpc) is 2.41. The largest absolute Gasteiger partial charge is 0.295 e. The number of hydrogen-bond donors (Lipinski definition) is 0. The van der Waals surface area contributed by atoms with Crippen molar-refractivity contribution >= 4 is 22.6 Å². The monoisotopic (exact) mass is 352 g/mol. The number of aromatic nitrogens is 1. The molecule has 1 heterocycles. The zero-order chi connectivity index (χ0) is 12.8. The number of pyridine rings is 1. The van der Waals surface area contributed by atoms with Gasteiger partial charge in [0.15, 0.2) is 0 Å². The Balaban J connectivity index is 1.99. The number of halogens is 1. The minimum atomic E-state index is 0.977. The summed E-state index contributed by atoms with van der Waals surface area (Å²) in [5.41, 5.74) is 2.68. The van der Waals surface area contributed by atoms with Crippen LogP contribution in [0.5, 0.6) is 0 Å². The van der Waals surface area contributed by atoms with E-state index in [1.165, 1.54) is 14.7 Å². The number of hydrogen-bond acceptors (Lipinski definition) is 2. The smallest absolute Gasteiger partial charge is 0.0271 e. The van der Waals surface area contributed by atoms with Gasteiger partial charge in [-0.1, -0.05) is 19.1 Å². The normalized spacial score (nSPS) is 10.8. The molecule has 0 fully saturated rings. The number of rotatable bonds is 5. The number of benzene rings is 1. The van der Waals surface area contributed by atoms with E-state index in [1.54, 1.807) is 0 Å². The van der Waals surface area contributed by atoms with Crippen LogP contribution < -0.4 is 0 Å². The van der Waals surface area contributed by atoms with Gasteiger partial charge in [0.05, 0.1) is 0 Å². The van der Waals surface area contributed by atoms with Crippen LogP contribution in [0.2, 0.25) is 0 Å². The molecule has 18 heavy (non-hydrogen) atoms. The van der Waals surface area contributed by atoms with Gasteiger partial charge in [-0.25, -0.2) is 0 Å². The van der Waals surface area contributed by atoms with E-state index < -0.39 is 0 Å². The lowest BCUT2D eigenvalue weighted by Gasteiger charge is -2.20. The third-order valence-electron chi connectivity index (χ3n) is 2.92. The Morgan fingerprint density at radius 3 is 2.06 bits per heavy atom. The molecule has 1 aromatic carbocycles. The molecule has 0 saturated heterocycles. The lowest BCUT2D eigenvalue weighted by molar-refractivity contribution is 0.271. The average molecular weight is 352 g/mol. The molecule has 0 amide bonds. The van der Waals surface area contributed by atoms with E-state index in [0.29, 0.717) is 0 Å². The van der Waals surface area contributed by atoms with E-state index in [9.17, 15) is 0 Å². The maximum Gasteiger partial charge on any atom is 0.0271 e. The quantitative estimate of drug-likeness (QED) is 0.763. The van der Waals surface area contributed by atoms with Crippen LogP contribution in [-0.4, -0.2) is 16.4 Å². The van der Waals surface area contributed by atoms with E-state index in [1.807, 2.05) is 12.4 Å². The zero-order valence-electron chi connectivity index (χ0n) is 10.5. The summed E-state index contributed by atoms with van der Waals surface area (Å²) in [6, 6.07) is 12.9. The molecule has 0 aliphatic rings. The Kier molecular flexibility index (Phi) is 5.13. The molecular formula is C15H17IN2. The molecule has 2 nitrogen and oxygen atoms in total. The highest BCUT2D eigenvalue weighted by molar-refractivity contribution is 14.1. The van der Waals surface area contributed by atoms with Gasteiger partial charge < -0.3 is 0 Å². The lowest BCUT2D eigenvalue weighted by Crippen LogP contribution is -2.22. The van der Waals surface area contributed by atoms with Gasteiger partial charge in [0.2, 0.25) is 0 Å². The first-order valence-electron chi connectivity index (χ1n) is 6.13. The van der Waals surface area contributed by atoms with Crippen molar-refractivity contribution in [3.05, 3.63) is 63.5 Å². The van der Waals surface area contributed by atoms with Gasteiger partial charge in [0, 0.05) is 29.1 Å². The molecule has 3 heteroatoms. The van der Waals surface area contributed by atoms with Gasteiger partial charge in [-0.05, 0) is 64.5 Å². The molecule has 2 aromatic rings. The summed E-state index contributed by atoms with van der Waals surface area (Å²) in [5, 5.41) is 0. The van der Waals surface area contributed by atoms with Gasteiger partial charge >= 0.3 is 0 Å². The van der Waals surface area contributed by atoms with Crippen molar-refractivity contribution in [1.82, 2.24) is 9.88 Å². The van der Waals surface area contributed by atoms with E-state index in [2.05, 4.69) is 75.8 Å². The summed E-state index contributed by atoms with van der Waals surface area (Å²) in [7, 11) is 0. The Morgan fingerprint density at radius 1 is 0.944 bits per heavy atom. The van der Waals surface area contributed by atoms with Gasteiger partial charge in [0.25, 0.3) is 0 Å². The molecule has 2 rings (SSSR count). The van der Waals surface area contributed by atoms with Crippen LogP contribution in [0.3, 0.4) is 0 Å². The maximum absolute atomic E-state index is 4.05. The van der Waals surface area contributed by atoms with Crippen molar-refractivity contribution in [2.45, 2.75) is 20.0 Å². The van der Waals surface area contributed by atoms with Gasteiger partial charge in [-0.15, -0.1) is 0 Å². The lowest BCUT2D eigenvalue weighted by atomic mass is 10.2. The molecule has 1 aromatic heterocycles. The van der Waals surface area contributed by atoms with Crippen LogP contribution in [0.4, 0.5) is 0 Å². The van der Waals surface area contributed by atoms with Gasteiger partial charge in [-0.2, -0.15) is 0 Å². The Morgan fingerprint density at radius 2 is 1.50 bits per heavy atom. The predicted octanol–water partition coefficient (Wildman–Crippen LogP) is 3.71. The van der Waals surface area contributed by atoms with Crippen molar-refractivity contribution in [2.75, 3.05) is 6.54 Å². The Bertz CT molecular complexity index is 468. The van der Waals surface area contributed by atoms with Crippen molar-refractivity contribution < 1.29 is 0 Å². The molecule has 0 N–H and O–H groups in total. The molecule has 0 radical (unpaired) electrons. The molecule has 0 unspecified atom stereocenters. The molecular weight excluding hydrogens is 335 g/mol. The second-order valence-corrected chi connectivity index (χ2v) is 5.53. The van der Waals surface area contributed by atoms with Crippen LogP contribution in [0, 0.1) is 3.57 Å². The fraction of sp³-hybridized carbons (Fsp3) is 0.267. The van der Waals surface area contributed by atoms with Crippen molar-refractivity contribution in [3.63, 3.8) is 0 Å². The number of nitrogens with zero attached hydrogens (tertiary/aromatic N) is 2. The molecule has 0 atom stereocenters. The highest BCUT2D eigenvalue weighted by Crippen LogP contribution is 2.11. The highest BCUT2D eigenvalue weighted by atomic mass is 127. The van der Waals surface area contributed by atoms with Crippen LogP contribution in [0.25, 0.3) is 0 Å². The SMILES string of the molecule is CCN(Cc1ccncc1)Cc1ccc(I)cc1. The third kappa shape index (κ3) is 4.07.